The first-order valence-electron chi connectivity index (χ1n) is 23.5. The van der Waals surface area contributed by atoms with Gasteiger partial charge in [0.1, 0.15) is 6.15 Å². The molecule has 7 aromatic carbocycles. The Hall–Kier alpha value is -8.60. The zero-order valence-corrected chi connectivity index (χ0v) is 41.6. The number of nitrogens with zero attached hydrogens (tertiary/aromatic N) is 2. The fourth-order valence-electron chi connectivity index (χ4n) is 9.42. The molecule has 0 saturated heterocycles. The van der Waals surface area contributed by atoms with Crippen LogP contribution in [0.3, 0.4) is 0 Å². The molecule has 1 heterocycles. The Morgan fingerprint density at radius 2 is 0.706 bits per heavy atom. The number of benzene rings is 7. The number of alkyl halides is 24. The lowest BCUT2D eigenvalue weighted by Crippen LogP contribution is -2.75. The van der Waals surface area contributed by atoms with Gasteiger partial charge in [0.25, 0.3) is 5.69 Å². The maximum Gasteiger partial charge on any atom is 0.416 e. The smallest absolute Gasteiger partial charge is 0.287 e. The fourth-order valence-corrected chi connectivity index (χ4v) is 9.42. The topological polar surface area (TPSA) is 64.1 Å². The molecule has 0 aliphatic rings. The summed E-state index contributed by atoms with van der Waals surface area (Å²) in [5.74, 6) is -0.0208. The molecule has 8 rings (SSSR count). The molecule has 0 amide bonds. The molecule has 0 unspecified atom stereocenters. The van der Waals surface area contributed by atoms with Crippen LogP contribution in [0, 0.1) is 10.1 Å². The highest BCUT2D eigenvalue weighted by Crippen LogP contribution is 2.42. The van der Waals surface area contributed by atoms with E-state index in [1.165, 1.54) is 6.07 Å². The molecule has 0 radical (unpaired) electrons. The van der Waals surface area contributed by atoms with Gasteiger partial charge in [-0.15, -0.1) is 0 Å². The minimum atomic E-state index is -6.13. The van der Waals surface area contributed by atoms with Crippen LogP contribution in [-0.4, -0.2) is 16.9 Å². The Kier molecular flexibility index (Phi) is 16.9. The fraction of sp³-hybridized carbons (Fsp3) is 0.164. The van der Waals surface area contributed by atoms with Crippen LogP contribution in [0.1, 0.15) is 54.9 Å². The van der Waals surface area contributed by atoms with Crippen LogP contribution >= 0.6 is 0 Å². The molecule has 0 fully saturated rings. The van der Waals surface area contributed by atoms with E-state index >= 15 is 0 Å². The van der Waals surface area contributed by atoms with Crippen LogP contribution in [0.5, 0.6) is 0 Å². The van der Waals surface area contributed by atoms with E-state index in [4.69, 9.17) is 0 Å². The highest BCUT2D eigenvalue weighted by atomic mass is 19.4. The summed E-state index contributed by atoms with van der Waals surface area (Å²) in [7, 11) is 0. The molecular weight excluding hydrogens is 1200 g/mol. The number of aromatic nitrogens is 1. The van der Waals surface area contributed by atoms with Gasteiger partial charge in [-0.1, -0.05) is 103 Å². The molecule has 30 heteroatoms. The van der Waals surface area contributed by atoms with Gasteiger partial charge in [0.15, 0.2) is 6.20 Å². The van der Waals surface area contributed by atoms with Gasteiger partial charge in [0, 0.05) is 23.8 Å². The van der Waals surface area contributed by atoms with Gasteiger partial charge < -0.3 is 0 Å². The molecule has 0 atom stereocenters. The molecule has 448 valence electrons. The van der Waals surface area contributed by atoms with E-state index in [1.807, 2.05) is 65.4 Å². The molecule has 0 spiro atoms. The van der Waals surface area contributed by atoms with Crippen molar-refractivity contribution < 1.29 is 120 Å². The SMILES string of the molecule is FC(F)(F)c1cc([B-](c2cc(C(F)(F)F)cc(C(F)(F)F)c2)(c2cc(C(F)(F)F)cc(C(F)(F)F)c2)c2cc(C(F)(F)F)cc(C(F)(F)F)c2)cc(C(F)(F)F)c1.O=C(C[n+]1ccc2ccccc2c1-c1cccc([N+](=O)[O-])c1)c1ccccc1. The van der Waals surface area contributed by atoms with Crippen molar-refractivity contribution in [2.24, 2.45) is 0 Å². The van der Waals surface area contributed by atoms with Crippen LogP contribution < -0.4 is 26.4 Å². The van der Waals surface area contributed by atoms with E-state index in [9.17, 15) is 120 Å². The van der Waals surface area contributed by atoms with Gasteiger partial charge >= 0.3 is 49.4 Å². The summed E-state index contributed by atoms with van der Waals surface area (Å²) in [6.07, 6.45) is -52.9. The molecule has 0 aliphatic heterocycles. The number of carbonyl (C=O) groups is 1. The second-order valence-corrected chi connectivity index (χ2v) is 18.7. The van der Waals surface area contributed by atoms with Crippen molar-refractivity contribution in [2.45, 2.75) is 56.0 Å². The number of pyridine rings is 1. The molecule has 0 bridgehead atoms. The Morgan fingerprint density at radius 1 is 0.388 bits per heavy atom. The first-order valence-corrected chi connectivity index (χ1v) is 23.5. The number of fused-ring (bicyclic) bond motifs is 1. The van der Waals surface area contributed by atoms with Crippen molar-refractivity contribution in [1.82, 2.24) is 0 Å². The summed E-state index contributed by atoms with van der Waals surface area (Å²) in [6.45, 7) is 0.146. The first kappa shape index (κ1) is 64.0. The summed E-state index contributed by atoms with van der Waals surface area (Å²) >= 11 is 0. The van der Waals surface area contributed by atoms with Crippen molar-refractivity contribution in [3.05, 3.63) is 224 Å². The van der Waals surface area contributed by atoms with Crippen molar-refractivity contribution in [1.29, 1.82) is 0 Å². The van der Waals surface area contributed by atoms with Crippen LogP contribution in [-0.2, 0) is 56.0 Å². The van der Waals surface area contributed by atoms with Gasteiger partial charge in [-0.05, 0) is 41.8 Å². The zero-order valence-electron chi connectivity index (χ0n) is 41.6. The molecule has 0 saturated carbocycles. The third-order valence-corrected chi connectivity index (χ3v) is 13.1. The van der Waals surface area contributed by atoms with Gasteiger partial charge in [0.05, 0.1) is 60.4 Å². The van der Waals surface area contributed by atoms with E-state index < -0.39 is 200 Å². The number of nitro benzene ring substituents is 1. The summed E-state index contributed by atoms with van der Waals surface area (Å²) in [5.41, 5.74) is -28.1. The highest BCUT2D eigenvalue weighted by molar-refractivity contribution is 7.20. The Balaban J connectivity index is 0.000000306. The first-order chi connectivity index (χ1) is 38.9. The van der Waals surface area contributed by atoms with E-state index in [0.29, 0.717) is 11.1 Å². The van der Waals surface area contributed by atoms with Gasteiger partial charge in [-0.25, -0.2) is 0 Å². The molecule has 5 nitrogen and oxygen atoms in total. The third-order valence-electron chi connectivity index (χ3n) is 13.1. The van der Waals surface area contributed by atoms with E-state index in [0.717, 1.165) is 16.5 Å². The summed E-state index contributed by atoms with van der Waals surface area (Å²) in [5, 5.41) is 13.2. The Bertz CT molecular complexity index is 3380. The Labute approximate surface area is 460 Å². The molecule has 8 aromatic rings. The second kappa shape index (κ2) is 22.4. The van der Waals surface area contributed by atoms with Gasteiger partial charge in [-0.2, -0.15) is 132 Å². The van der Waals surface area contributed by atoms with E-state index in [1.54, 1.807) is 24.3 Å². The van der Waals surface area contributed by atoms with Crippen LogP contribution in [0.2, 0.25) is 0 Å². The lowest BCUT2D eigenvalue weighted by molar-refractivity contribution is -0.671. The monoisotopic (exact) mass is 1230 g/mol. The number of hydrogen-bond donors (Lipinski definition) is 0. The van der Waals surface area contributed by atoms with Crippen molar-refractivity contribution in [3.63, 3.8) is 0 Å². The largest absolute Gasteiger partial charge is 0.416 e. The molecular formula is C55H29BF24N2O3. The van der Waals surface area contributed by atoms with E-state index in [-0.39, 0.29) is 18.0 Å². The molecule has 85 heavy (non-hydrogen) atoms. The number of hydrogen-bond acceptors (Lipinski definition) is 3. The average Bonchev–Trinajstić information content (AvgIpc) is 0.754. The second-order valence-electron chi connectivity index (χ2n) is 18.7. The number of nitro groups is 1. The lowest BCUT2D eigenvalue weighted by atomic mass is 9.12. The summed E-state index contributed by atoms with van der Waals surface area (Å²) in [6, 6.07) is 16.6. The van der Waals surface area contributed by atoms with Gasteiger partial charge in [-0.3, -0.25) is 14.9 Å². The maximum atomic E-state index is 14.2. The minimum Gasteiger partial charge on any atom is -0.287 e. The minimum absolute atomic E-state index is 0.0198. The molecule has 0 aliphatic carbocycles. The molecule has 1 aromatic heterocycles. The number of rotatable bonds is 9. The summed E-state index contributed by atoms with van der Waals surface area (Å²) in [4.78, 5) is 23.6. The number of carbonyl (C=O) groups excluding carboxylic acids is 1. The standard InChI is InChI=1S/C32H12BF24.C23H17N2O3/c34-25(35,36)13-1-14(26(37,38)39)6-21(5-13)33(22-7-15(27(40,41)42)2-16(8-22)28(43,44)45,23-9-17(29(46,47)48)3-18(10-23)30(49,50)51)24-11-19(31(52,53)54)4-20(12-24)32(55,56)57;26-22(18-8-2-1-3-9-18)16-24-14-13-17-7-4-5-12-21(17)23(24)19-10-6-11-20(15-19)25(27)28/h1-12H;1-15H,16H2/q-1;+1. The normalized spacial score (nSPS) is 13.1. The van der Waals surface area contributed by atoms with Gasteiger partial charge in [0.2, 0.25) is 18.0 Å². The van der Waals surface area contributed by atoms with Crippen LogP contribution in [0.15, 0.2) is 164 Å². The van der Waals surface area contributed by atoms with Crippen LogP contribution in [0.25, 0.3) is 22.0 Å². The van der Waals surface area contributed by atoms with Crippen molar-refractivity contribution in [2.75, 3.05) is 0 Å². The molecule has 0 N–H and O–H groups in total. The lowest BCUT2D eigenvalue weighted by Gasteiger charge is -2.46. The van der Waals surface area contributed by atoms with E-state index in [2.05, 4.69) is 0 Å². The van der Waals surface area contributed by atoms with Crippen molar-refractivity contribution in [3.8, 4) is 11.3 Å². The number of Topliss-reactive ketones (excluding diaryl/α,β-unsaturated/α-hetero) is 1. The maximum absolute atomic E-state index is 14.2. The summed E-state index contributed by atoms with van der Waals surface area (Å²) < 4.78 is 343. The highest BCUT2D eigenvalue weighted by Gasteiger charge is 2.47. The predicted molar refractivity (Wildman–Crippen MR) is 257 cm³/mol. The predicted octanol–water partition coefficient (Wildman–Crippen LogP) is 15.8. The average molecular weight is 1230 g/mol. The number of ketones is 1. The van der Waals surface area contributed by atoms with Crippen molar-refractivity contribution >= 4 is 50.2 Å². The third kappa shape index (κ3) is 14.2. The Morgan fingerprint density at radius 3 is 1.02 bits per heavy atom. The zero-order chi connectivity index (χ0) is 63.4. The number of non-ortho nitro benzene ring substituents is 1. The number of halogens is 24. The quantitative estimate of drug-likeness (QED) is 0.0361. The van der Waals surface area contributed by atoms with Crippen LogP contribution in [0.4, 0.5) is 111 Å².